The molecule has 0 saturated carbocycles. The normalized spacial score (nSPS) is 13.2. The molecule has 0 saturated heterocycles. The quantitative estimate of drug-likeness (QED) is 0.0492. The van der Waals surface area contributed by atoms with E-state index >= 15 is 0 Å². The standard InChI is InChI=1S/C19H20FN5O.C19H15N3O2.C18H16N2O.C16H13ClN2O.C16H14N2O/c1-25(2)19-21-10-13-15(4-3-5-16(13)24-19)23-18(26)17-9-11-8-12(20)6-7-14(11)22-17;1-24-13-8-7-12-10-18(21-17(12)11-13)19(23)22-16-6-2-5-15-14(16)4-3-9-20-15;21-18(17-11-13-6-2-4-8-15(13)19-17)20-16-10-9-12-5-1-3-7-14(12)16;17-13-7-5-11(6-8-13)10-18-16(20)15-9-12-3-1-2-4-14(12)19-15;19-16(17-11-12-6-2-1-3-7-12)15-10-13-8-4-5-9-14(13)18-15/h6-10,15,22H,3-5H2,1-2H3,(H,23,26);2-11,21H,1H3,(H,22,23);1-8,11,16,19H,9-10H2,(H,20,21);1-9,19H,10H2,(H,18,20);1-10,18H,11H2,(H,17,19)/t15-;;;;/m1..../s1. The van der Waals surface area contributed by atoms with E-state index in [1.54, 1.807) is 25.4 Å². The number of aromatic nitrogens is 8. The van der Waals surface area contributed by atoms with Crippen LogP contribution in [0.1, 0.15) is 117 Å². The highest BCUT2D eigenvalue weighted by Crippen LogP contribution is 2.33. The zero-order chi connectivity index (χ0) is 76.0. The summed E-state index contributed by atoms with van der Waals surface area (Å²) in [5, 5.41) is 21.3. The highest BCUT2D eigenvalue weighted by Gasteiger charge is 2.27. The summed E-state index contributed by atoms with van der Waals surface area (Å²) < 4.78 is 18.6. The van der Waals surface area contributed by atoms with Crippen molar-refractivity contribution in [2.24, 2.45) is 0 Å². The number of carbonyl (C=O) groups excluding carboxylic acids is 5. The third-order valence-electron chi connectivity index (χ3n) is 19.1. The first-order valence-electron chi connectivity index (χ1n) is 36.0. The minimum Gasteiger partial charge on any atom is -0.497 e. The van der Waals surface area contributed by atoms with Gasteiger partial charge in [0.25, 0.3) is 29.5 Å². The smallest absolute Gasteiger partial charge is 0.272 e. The number of carbonyl (C=O) groups is 5. The van der Waals surface area contributed by atoms with Crippen molar-refractivity contribution < 1.29 is 33.1 Å². The van der Waals surface area contributed by atoms with Crippen molar-refractivity contribution in [1.82, 2.24) is 61.1 Å². The summed E-state index contributed by atoms with van der Waals surface area (Å²) in [6.07, 6.45) is 8.25. The van der Waals surface area contributed by atoms with E-state index in [0.29, 0.717) is 57.9 Å². The number of nitrogens with zero attached hydrogens (tertiary/aromatic N) is 4. The summed E-state index contributed by atoms with van der Waals surface area (Å²) in [5.74, 6) is 0.463. The van der Waals surface area contributed by atoms with E-state index in [0.717, 1.165) is 126 Å². The molecule has 550 valence electrons. The number of H-pyrrole nitrogens is 5. The van der Waals surface area contributed by atoms with Crippen LogP contribution >= 0.6 is 11.6 Å². The van der Waals surface area contributed by atoms with Gasteiger partial charge in [0.05, 0.1) is 36.1 Å². The Kier molecular flexibility index (Phi) is 22.5. The van der Waals surface area contributed by atoms with Gasteiger partial charge in [-0.1, -0.05) is 139 Å². The number of para-hydroxylation sites is 3. The van der Waals surface area contributed by atoms with Gasteiger partial charge in [0.15, 0.2) is 0 Å². The van der Waals surface area contributed by atoms with E-state index in [1.165, 1.54) is 23.3 Å². The van der Waals surface area contributed by atoms with Crippen LogP contribution in [-0.2, 0) is 25.9 Å². The number of aryl methyl sites for hydroxylation is 2. The SMILES string of the molecule is CN(C)c1ncc2c(n1)CCC[C@H]2NC(=O)c1cc2cc(F)ccc2[nH]1.COc1ccc2cc(C(=O)Nc3cccc4ncccc34)[nH]c2c1.O=C(NC1CCc2ccccc21)c1cc2ccccc2[nH]1.O=C(NCc1ccc(Cl)cc1)c1cc2ccccc2[nH]1.O=C(NCc1ccccc1)c1cc2ccccc2[nH]1. The first-order chi connectivity index (χ1) is 53.6. The number of anilines is 2. The Balaban J connectivity index is 0.000000115. The highest BCUT2D eigenvalue weighted by atomic mass is 35.5. The van der Waals surface area contributed by atoms with Crippen molar-refractivity contribution in [3.05, 3.63) is 334 Å². The van der Waals surface area contributed by atoms with Crippen LogP contribution in [0.5, 0.6) is 5.75 Å². The molecule has 0 fully saturated rings. The highest BCUT2D eigenvalue weighted by molar-refractivity contribution is 6.30. The number of methoxy groups -OCH3 is 1. The molecule has 10 N–H and O–H groups in total. The Labute approximate surface area is 637 Å². The minimum atomic E-state index is -0.321. The van der Waals surface area contributed by atoms with Crippen molar-refractivity contribution in [3.63, 3.8) is 0 Å². The van der Waals surface area contributed by atoms with Gasteiger partial charge in [-0.3, -0.25) is 29.0 Å². The van der Waals surface area contributed by atoms with E-state index in [-0.39, 0.29) is 47.4 Å². The molecule has 2 atom stereocenters. The lowest BCUT2D eigenvalue weighted by Gasteiger charge is -2.26. The lowest BCUT2D eigenvalue weighted by molar-refractivity contribution is 0.0921. The number of benzene rings is 9. The molecular formula is C88H78ClFN14O6. The van der Waals surface area contributed by atoms with Gasteiger partial charge in [-0.15, -0.1) is 0 Å². The average molecular weight is 1480 g/mol. The Hall–Kier alpha value is -13.7. The fourth-order valence-electron chi connectivity index (χ4n) is 13.4. The van der Waals surface area contributed by atoms with Crippen LogP contribution in [0.2, 0.25) is 5.02 Å². The van der Waals surface area contributed by atoms with E-state index in [4.69, 9.17) is 16.3 Å². The Morgan fingerprint density at radius 3 is 1.64 bits per heavy atom. The topological polar surface area (TPSA) is 276 Å². The molecule has 0 radical (unpaired) electrons. The molecule has 0 spiro atoms. The Morgan fingerprint density at radius 2 is 1.02 bits per heavy atom. The van der Waals surface area contributed by atoms with Crippen molar-refractivity contribution in [2.45, 2.75) is 57.3 Å². The molecule has 7 aromatic heterocycles. The molecule has 18 rings (SSSR count). The second-order valence-corrected chi connectivity index (χ2v) is 27.3. The Morgan fingerprint density at radius 1 is 0.482 bits per heavy atom. The molecule has 9 aromatic carbocycles. The third kappa shape index (κ3) is 17.7. The molecule has 110 heavy (non-hydrogen) atoms. The molecule has 0 bridgehead atoms. The average Bonchev–Trinajstić information content (AvgIpc) is 1.64. The van der Waals surface area contributed by atoms with Crippen molar-refractivity contribution in [3.8, 4) is 5.75 Å². The van der Waals surface area contributed by atoms with Crippen molar-refractivity contribution in [1.29, 1.82) is 0 Å². The lowest BCUT2D eigenvalue weighted by Crippen LogP contribution is -2.32. The van der Waals surface area contributed by atoms with Crippen molar-refractivity contribution >= 4 is 118 Å². The molecular weight excluding hydrogens is 1400 g/mol. The first-order valence-corrected chi connectivity index (χ1v) is 36.4. The number of pyridine rings is 1. The summed E-state index contributed by atoms with van der Waals surface area (Å²) in [7, 11) is 5.43. The summed E-state index contributed by atoms with van der Waals surface area (Å²) in [6, 6.07) is 77.9. The molecule has 2 aliphatic carbocycles. The van der Waals surface area contributed by atoms with Gasteiger partial charge in [-0.2, -0.15) is 0 Å². The fraction of sp³-hybridized carbons (Fsp3) is 0.136. The van der Waals surface area contributed by atoms with E-state index in [9.17, 15) is 28.4 Å². The number of nitrogens with one attached hydrogen (secondary N) is 10. The van der Waals surface area contributed by atoms with E-state index < -0.39 is 0 Å². The molecule has 5 amide bonds. The van der Waals surface area contributed by atoms with Crippen LogP contribution in [0.15, 0.2) is 261 Å². The molecule has 7 heterocycles. The fourth-order valence-corrected chi connectivity index (χ4v) is 13.5. The van der Waals surface area contributed by atoms with E-state index in [2.05, 4.69) is 84.7 Å². The summed E-state index contributed by atoms with van der Waals surface area (Å²) in [5.41, 5.74) is 15.5. The predicted octanol–water partition coefficient (Wildman–Crippen LogP) is 17.4. The molecule has 16 aromatic rings. The summed E-state index contributed by atoms with van der Waals surface area (Å²) >= 11 is 5.82. The maximum Gasteiger partial charge on any atom is 0.272 e. The van der Waals surface area contributed by atoms with Crippen LogP contribution in [0, 0.1) is 5.82 Å². The molecule has 20 nitrogen and oxygen atoms in total. The van der Waals surface area contributed by atoms with Gasteiger partial charge in [-0.05, 0) is 170 Å². The number of ether oxygens (including phenoxy) is 1. The molecule has 0 aliphatic heterocycles. The van der Waals surface area contributed by atoms with Crippen LogP contribution in [0.3, 0.4) is 0 Å². The Bertz CT molecular complexity index is 5880. The number of fused-ring (bicyclic) bond motifs is 8. The lowest BCUT2D eigenvalue weighted by atomic mass is 9.92. The van der Waals surface area contributed by atoms with Gasteiger partial charge in [0.2, 0.25) is 5.95 Å². The van der Waals surface area contributed by atoms with Gasteiger partial charge in [0, 0.05) is 116 Å². The number of hydrogen-bond acceptors (Lipinski definition) is 10. The molecule has 2 aliphatic rings. The monoisotopic (exact) mass is 1480 g/mol. The summed E-state index contributed by atoms with van der Waals surface area (Å²) in [6.45, 7) is 1.01. The molecule has 22 heteroatoms. The number of amides is 5. The van der Waals surface area contributed by atoms with Crippen LogP contribution in [0.25, 0.3) is 65.4 Å². The van der Waals surface area contributed by atoms with Gasteiger partial charge in [0.1, 0.15) is 40.0 Å². The second kappa shape index (κ2) is 33.8. The predicted molar refractivity (Wildman–Crippen MR) is 432 cm³/mol. The summed E-state index contributed by atoms with van der Waals surface area (Å²) in [4.78, 5) is 92.6. The number of rotatable bonds is 14. The van der Waals surface area contributed by atoms with Crippen LogP contribution < -0.4 is 36.2 Å². The maximum absolute atomic E-state index is 13.3. The van der Waals surface area contributed by atoms with Crippen LogP contribution in [0.4, 0.5) is 16.0 Å². The van der Waals surface area contributed by atoms with E-state index in [1.807, 2.05) is 231 Å². The zero-order valence-corrected chi connectivity index (χ0v) is 61.2. The zero-order valence-electron chi connectivity index (χ0n) is 60.4. The van der Waals surface area contributed by atoms with Gasteiger partial charge in [-0.25, -0.2) is 14.4 Å². The number of aromatic amines is 5. The largest absolute Gasteiger partial charge is 0.497 e. The minimum absolute atomic E-state index is 0.0343. The van der Waals surface area contributed by atoms with Crippen molar-refractivity contribution in [2.75, 3.05) is 31.4 Å². The molecule has 1 unspecified atom stereocenters. The first kappa shape index (κ1) is 73.2. The second-order valence-electron chi connectivity index (χ2n) is 26.8. The van der Waals surface area contributed by atoms with Crippen LogP contribution in [-0.4, -0.2) is 90.6 Å². The number of hydrogen-bond donors (Lipinski definition) is 10. The van der Waals surface area contributed by atoms with Gasteiger partial charge >= 0.3 is 0 Å². The number of halogens is 2. The maximum atomic E-state index is 13.3. The van der Waals surface area contributed by atoms with Gasteiger partial charge < -0.3 is 61.1 Å². The third-order valence-corrected chi connectivity index (χ3v) is 19.3.